The summed E-state index contributed by atoms with van der Waals surface area (Å²) in [7, 11) is 0. The van der Waals surface area contributed by atoms with Gasteiger partial charge in [0.2, 0.25) is 0 Å². The number of rotatable bonds is 8. The minimum absolute atomic E-state index is 0.0274. The lowest BCUT2D eigenvalue weighted by molar-refractivity contribution is 0.0437. The van der Waals surface area contributed by atoms with Crippen molar-refractivity contribution in [3.05, 3.63) is 29.8 Å². The van der Waals surface area contributed by atoms with E-state index in [-0.39, 0.29) is 24.2 Å². The molecule has 134 valence electrons. The Hall–Kier alpha value is -1.75. The molecular formula is C19H30N2O3. The minimum atomic E-state index is -0.0763. The number of aliphatic hydroxyl groups excluding tert-OH is 1. The largest absolute Gasteiger partial charge is 0.486 e. The second kappa shape index (κ2) is 8.38. The zero-order valence-electron chi connectivity index (χ0n) is 15.0. The summed E-state index contributed by atoms with van der Waals surface area (Å²) in [5.41, 5.74) is 1.12. The maximum atomic E-state index is 12.1. The predicted octanol–water partition coefficient (Wildman–Crippen LogP) is 2.82. The zero-order valence-corrected chi connectivity index (χ0v) is 15.0. The molecule has 2 amide bonds. The molecule has 1 aromatic rings. The van der Waals surface area contributed by atoms with E-state index in [0.717, 1.165) is 25.0 Å². The SMILES string of the molecule is CCc1ccccc1OC1CN(C(=O)NCCCC(C)(C)CO)C1. The molecule has 1 aromatic carbocycles. The average molecular weight is 334 g/mol. The second-order valence-electron chi connectivity index (χ2n) is 7.26. The van der Waals surface area contributed by atoms with Crippen molar-refractivity contribution < 1.29 is 14.6 Å². The fraction of sp³-hybridized carbons (Fsp3) is 0.632. The molecule has 1 heterocycles. The third kappa shape index (κ3) is 5.13. The first-order chi connectivity index (χ1) is 11.4. The van der Waals surface area contributed by atoms with Crippen molar-refractivity contribution in [2.24, 2.45) is 5.41 Å². The summed E-state index contributed by atoms with van der Waals surface area (Å²) in [6.07, 6.45) is 2.79. The molecule has 2 N–H and O–H groups in total. The number of para-hydroxylation sites is 1. The maximum absolute atomic E-state index is 12.1. The summed E-state index contributed by atoms with van der Waals surface area (Å²) in [5.74, 6) is 0.927. The van der Waals surface area contributed by atoms with Gasteiger partial charge in [0.25, 0.3) is 0 Å². The zero-order chi connectivity index (χ0) is 17.6. The number of aliphatic hydroxyl groups is 1. The number of benzene rings is 1. The summed E-state index contributed by atoms with van der Waals surface area (Å²) >= 11 is 0. The predicted molar refractivity (Wildman–Crippen MR) is 95.3 cm³/mol. The number of nitrogens with zero attached hydrogens (tertiary/aromatic N) is 1. The number of ether oxygens (including phenoxy) is 1. The molecule has 0 aromatic heterocycles. The molecule has 5 nitrogen and oxygen atoms in total. The highest BCUT2D eigenvalue weighted by Crippen LogP contribution is 2.23. The fourth-order valence-corrected chi connectivity index (χ4v) is 2.72. The van der Waals surface area contributed by atoms with E-state index in [9.17, 15) is 9.90 Å². The standard InChI is InChI=1S/C19H30N2O3/c1-4-15-8-5-6-9-17(15)24-16-12-21(13-16)18(23)20-11-7-10-19(2,3)14-22/h5-6,8-9,16,22H,4,7,10-14H2,1-3H3,(H,20,23). The van der Waals surface area contributed by atoms with Gasteiger partial charge in [-0.15, -0.1) is 0 Å². The first kappa shape index (κ1) is 18.6. The van der Waals surface area contributed by atoms with Gasteiger partial charge in [0.05, 0.1) is 13.1 Å². The molecule has 5 heteroatoms. The molecular weight excluding hydrogens is 304 g/mol. The van der Waals surface area contributed by atoms with Crippen molar-refractivity contribution in [3.63, 3.8) is 0 Å². The molecule has 1 aliphatic heterocycles. The van der Waals surface area contributed by atoms with Crippen LogP contribution in [-0.2, 0) is 6.42 Å². The number of urea groups is 1. The highest BCUT2D eigenvalue weighted by atomic mass is 16.5. The van der Waals surface area contributed by atoms with Gasteiger partial charge in [-0.1, -0.05) is 39.0 Å². The van der Waals surface area contributed by atoms with Crippen molar-refractivity contribution in [1.29, 1.82) is 0 Å². The van der Waals surface area contributed by atoms with Crippen LogP contribution < -0.4 is 10.1 Å². The van der Waals surface area contributed by atoms with Crippen molar-refractivity contribution >= 4 is 6.03 Å². The number of hydrogen-bond donors (Lipinski definition) is 2. The highest BCUT2D eigenvalue weighted by molar-refractivity contribution is 5.75. The van der Waals surface area contributed by atoms with Crippen molar-refractivity contribution in [1.82, 2.24) is 10.2 Å². The lowest BCUT2D eigenvalue weighted by Crippen LogP contribution is -2.59. The molecule has 1 saturated heterocycles. The molecule has 2 rings (SSSR count). The molecule has 0 saturated carbocycles. The number of aryl methyl sites for hydroxylation is 1. The van der Waals surface area contributed by atoms with Crippen LogP contribution in [0.15, 0.2) is 24.3 Å². The number of nitrogens with one attached hydrogen (secondary N) is 1. The van der Waals surface area contributed by atoms with Crippen LogP contribution in [-0.4, -0.2) is 48.4 Å². The monoisotopic (exact) mass is 334 g/mol. The highest BCUT2D eigenvalue weighted by Gasteiger charge is 2.32. The van der Waals surface area contributed by atoms with E-state index in [1.54, 1.807) is 4.90 Å². The molecule has 0 atom stereocenters. The molecule has 0 radical (unpaired) electrons. The van der Waals surface area contributed by atoms with Gasteiger partial charge in [-0.3, -0.25) is 0 Å². The molecule has 1 aliphatic rings. The van der Waals surface area contributed by atoms with Crippen LogP contribution in [0.3, 0.4) is 0 Å². The normalized spacial score (nSPS) is 15.1. The van der Waals surface area contributed by atoms with Gasteiger partial charge in [0.15, 0.2) is 0 Å². The quantitative estimate of drug-likeness (QED) is 0.719. The van der Waals surface area contributed by atoms with E-state index in [4.69, 9.17) is 4.74 Å². The Kier molecular flexibility index (Phi) is 6.49. The van der Waals surface area contributed by atoms with Crippen LogP contribution in [0, 0.1) is 5.41 Å². The summed E-state index contributed by atoms with van der Waals surface area (Å²) in [6, 6.07) is 8.03. The van der Waals surface area contributed by atoms with Gasteiger partial charge in [-0.2, -0.15) is 0 Å². The summed E-state index contributed by atoms with van der Waals surface area (Å²) < 4.78 is 5.99. The number of carbonyl (C=O) groups excluding carboxylic acids is 1. The van der Waals surface area contributed by atoms with E-state index in [1.165, 1.54) is 5.56 Å². The number of hydrogen-bond acceptors (Lipinski definition) is 3. The Morgan fingerprint density at radius 1 is 1.38 bits per heavy atom. The molecule has 0 aliphatic carbocycles. The topological polar surface area (TPSA) is 61.8 Å². The Labute approximate surface area is 145 Å². The fourth-order valence-electron chi connectivity index (χ4n) is 2.72. The van der Waals surface area contributed by atoms with Crippen molar-refractivity contribution in [2.75, 3.05) is 26.2 Å². The molecule has 0 bridgehead atoms. The van der Waals surface area contributed by atoms with Gasteiger partial charge in [0, 0.05) is 13.2 Å². The average Bonchev–Trinajstić information content (AvgIpc) is 2.54. The molecule has 1 fully saturated rings. The van der Waals surface area contributed by atoms with Crippen molar-refractivity contribution in [2.45, 2.75) is 46.1 Å². The smallest absolute Gasteiger partial charge is 0.317 e. The van der Waals surface area contributed by atoms with Crippen LogP contribution in [0.25, 0.3) is 0 Å². The van der Waals surface area contributed by atoms with E-state index in [2.05, 4.69) is 18.3 Å². The lowest BCUT2D eigenvalue weighted by Gasteiger charge is -2.39. The number of carbonyl (C=O) groups is 1. The molecule has 0 unspecified atom stereocenters. The van der Waals surface area contributed by atoms with E-state index < -0.39 is 0 Å². The van der Waals surface area contributed by atoms with Crippen LogP contribution in [0.2, 0.25) is 0 Å². The van der Waals surface area contributed by atoms with Crippen LogP contribution in [0.5, 0.6) is 5.75 Å². The Balaban J connectivity index is 1.66. The second-order valence-corrected chi connectivity index (χ2v) is 7.26. The van der Waals surface area contributed by atoms with E-state index in [0.29, 0.717) is 19.6 Å². The van der Waals surface area contributed by atoms with E-state index >= 15 is 0 Å². The van der Waals surface area contributed by atoms with Gasteiger partial charge >= 0.3 is 6.03 Å². The number of likely N-dealkylation sites (tertiary alicyclic amines) is 1. The van der Waals surface area contributed by atoms with Crippen LogP contribution in [0.1, 0.15) is 39.2 Å². The van der Waals surface area contributed by atoms with Gasteiger partial charge in [0.1, 0.15) is 11.9 Å². The first-order valence-corrected chi connectivity index (χ1v) is 8.83. The molecule has 24 heavy (non-hydrogen) atoms. The molecule has 0 spiro atoms. The van der Waals surface area contributed by atoms with E-state index in [1.807, 2.05) is 32.0 Å². The minimum Gasteiger partial charge on any atom is -0.486 e. The van der Waals surface area contributed by atoms with Gasteiger partial charge < -0.3 is 20.1 Å². The lowest BCUT2D eigenvalue weighted by atomic mass is 9.89. The Bertz CT molecular complexity index is 539. The Morgan fingerprint density at radius 2 is 2.08 bits per heavy atom. The van der Waals surface area contributed by atoms with Crippen LogP contribution in [0.4, 0.5) is 4.79 Å². The number of amides is 2. The summed E-state index contributed by atoms with van der Waals surface area (Å²) in [5, 5.41) is 12.2. The van der Waals surface area contributed by atoms with Gasteiger partial charge in [-0.25, -0.2) is 4.79 Å². The third-order valence-corrected chi connectivity index (χ3v) is 4.52. The maximum Gasteiger partial charge on any atom is 0.317 e. The Morgan fingerprint density at radius 3 is 2.75 bits per heavy atom. The first-order valence-electron chi connectivity index (χ1n) is 8.83. The third-order valence-electron chi connectivity index (χ3n) is 4.52. The van der Waals surface area contributed by atoms with Crippen LogP contribution >= 0.6 is 0 Å². The summed E-state index contributed by atoms with van der Waals surface area (Å²) in [4.78, 5) is 13.8. The van der Waals surface area contributed by atoms with Gasteiger partial charge in [-0.05, 0) is 36.3 Å². The summed E-state index contributed by atoms with van der Waals surface area (Å²) in [6.45, 7) is 8.24. The van der Waals surface area contributed by atoms with Crippen molar-refractivity contribution in [3.8, 4) is 5.75 Å².